The number of hydrogen-bond donors (Lipinski definition) is 0. The number of amides is 1. The van der Waals surface area contributed by atoms with E-state index in [1.165, 1.54) is 6.42 Å². The van der Waals surface area contributed by atoms with Gasteiger partial charge in [0, 0.05) is 35.2 Å². The summed E-state index contributed by atoms with van der Waals surface area (Å²) in [6.45, 7) is 1.72. The molecule has 18 heavy (non-hydrogen) atoms. The van der Waals surface area contributed by atoms with Gasteiger partial charge in [-0.2, -0.15) is 11.8 Å². The lowest BCUT2D eigenvalue weighted by atomic mass is 10.2. The fourth-order valence-electron chi connectivity index (χ4n) is 2.22. The quantitative estimate of drug-likeness (QED) is 0.835. The lowest BCUT2D eigenvalue weighted by Gasteiger charge is -2.20. The summed E-state index contributed by atoms with van der Waals surface area (Å²) >= 11 is 5.27. The number of carbonyl (C=O) groups is 1. The van der Waals surface area contributed by atoms with E-state index in [4.69, 9.17) is 0 Å². The third-order valence-corrected chi connectivity index (χ3v) is 4.82. The van der Waals surface area contributed by atoms with Crippen molar-refractivity contribution in [2.24, 2.45) is 0 Å². The molecule has 0 bridgehead atoms. The number of aromatic nitrogens is 1. The maximum atomic E-state index is 12.4. The van der Waals surface area contributed by atoms with Crippen LogP contribution < -0.4 is 0 Å². The summed E-state index contributed by atoms with van der Waals surface area (Å²) < 4.78 is 0.852. The van der Waals surface area contributed by atoms with Gasteiger partial charge in [0.1, 0.15) is 0 Å². The molecule has 1 saturated heterocycles. The van der Waals surface area contributed by atoms with Gasteiger partial charge in [0.25, 0.3) is 5.91 Å². The highest BCUT2D eigenvalue weighted by Crippen LogP contribution is 2.22. The van der Waals surface area contributed by atoms with E-state index in [9.17, 15) is 4.79 Å². The maximum Gasteiger partial charge on any atom is 0.255 e. The largest absolute Gasteiger partial charge is 0.339 e. The fourth-order valence-corrected chi connectivity index (χ4v) is 3.32. The lowest BCUT2D eigenvalue weighted by molar-refractivity contribution is 0.0761. The Hall–Kier alpha value is -0.550. The molecular weight excluding hydrogens is 312 g/mol. The van der Waals surface area contributed by atoms with Crippen LogP contribution in [0.1, 0.15) is 29.6 Å². The maximum absolute atomic E-state index is 12.4. The van der Waals surface area contributed by atoms with E-state index in [-0.39, 0.29) is 5.91 Å². The molecule has 1 aromatic rings. The van der Waals surface area contributed by atoms with Crippen LogP contribution in [0.5, 0.6) is 0 Å². The average molecular weight is 329 g/mol. The van der Waals surface area contributed by atoms with E-state index < -0.39 is 0 Å². The first kappa shape index (κ1) is 13.9. The monoisotopic (exact) mass is 328 g/mol. The highest BCUT2D eigenvalue weighted by atomic mass is 79.9. The van der Waals surface area contributed by atoms with Crippen molar-refractivity contribution in [2.75, 3.05) is 19.3 Å². The summed E-state index contributed by atoms with van der Waals surface area (Å²) in [5.74, 6) is 0.102. The topological polar surface area (TPSA) is 33.2 Å². The minimum Gasteiger partial charge on any atom is -0.339 e. The molecule has 0 saturated carbocycles. The molecule has 0 aliphatic carbocycles. The lowest BCUT2D eigenvalue weighted by Crippen LogP contribution is -2.32. The van der Waals surface area contributed by atoms with Crippen molar-refractivity contribution in [2.45, 2.75) is 24.5 Å². The van der Waals surface area contributed by atoms with Crippen molar-refractivity contribution < 1.29 is 4.79 Å². The molecule has 2 heterocycles. The first-order valence-electron chi connectivity index (χ1n) is 6.13. The molecule has 0 aromatic carbocycles. The SMILES string of the molecule is CSC1CCCN(C(=O)c2cncc(Br)c2)CC1. The molecule has 0 spiro atoms. The van der Waals surface area contributed by atoms with Gasteiger partial charge in [-0.3, -0.25) is 9.78 Å². The zero-order valence-corrected chi connectivity index (χ0v) is 12.8. The fraction of sp³-hybridized carbons (Fsp3) is 0.538. The number of likely N-dealkylation sites (tertiary alicyclic amines) is 1. The van der Waals surface area contributed by atoms with Crippen LogP contribution in [0, 0.1) is 0 Å². The van der Waals surface area contributed by atoms with Gasteiger partial charge >= 0.3 is 0 Å². The Morgan fingerprint density at radius 2 is 2.28 bits per heavy atom. The Kier molecular flexibility index (Phi) is 5.06. The first-order valence-corrected chi connectivity index (χ1v) is 8.21. The molecule has 1 aliphatic heterocycles. The van der Waals surface area contributed by atoms with Crippen LogP contribution in [0.3, 0.4) is 0 Å². The first-order chi connectivity index (χ1) is 8.70. The van der Waals surface area contributed by atoms with Crippen LogP contribution in [-0.4, -0.2) is 40.4 Å². The number of carbonyl (C=O) groups excluding carboxylic acids is 1. The van der Waals surface area contributed by atoms with Crippen LogP contribution in [0.2, 0.25) is 0 Å². The molecule has 0 N–H and O–H groups in total. The van der Waals surface area contributed by atoms with Crippen LogP contribution >= 0.6 is 27.7 Å². The van der Waals surface area contributed by atoms with Gasteiger partial charge in [-0.05, 0) is 47.5 Å². The van der Waals surface area contributed by atoms with E-state index in [0.717, 1.165) is 30.4 Å². The number of thioether (sulfide) groups is 1. The van der Waals surface area contributed by atoms with Gasteiger partial charge < -0.3 is 4.90 Å². The van der Waals surface area contributed by atoms with Crippen molar-refractivity contribution in [3.8, 4) is 0 Å². The van der Waals surface area contributed by atoms with Gasteiger partial charge in [-0.1, -0.05) is 0 Å². The van der Waals surface area contributed by atoms with E-state index in [1.54, 1.807) is 12.4 Å². The average Bonchev–Trinajstić information content (AvgIpc) is 2.63. The summed E-state index contributed by atoms with van der Waals surface area (Å²) in [6.07, 6.45) is 8.89. The molecule has 1 fully saturated rings. The second-order valence-corrected chi connectivity index (χ2v) is 6.53. The van der Waals surface area contributed by atoms with Crippen molar-refractivity contribution in [1.82, 2.24) is 9.88 Å². The van der Waals surface area contributed by atoms with E-state index in [2.05, 4.69) is 27.2 Å². The van der Waals surface area contributed by atoms with Gasteiger partial charge in [0.2, 0.25) is 0 Å². The molecule has 2 rings (SSSR count). The van der Waals surface area contributed by atoms with Gasteiger partial charge in [0.05, 0.1) is 5.56 Å². The normalized spacial score (nSPS) is 20.6. The van der Waals surface area contributed by atoms with Crippen molar-refractivity contribution in [1.29, 1.82) is 0 Å². The van der Waals surface area contributed by atoms with Crippen LogP contribution in [-0.2, 0) is 0 Å². The van der Waals surface area contributed by atoms with Gasteiger partial charge in [0.15, 0.2) is 0 Å². The van der Waals surface area contributed by atoms with Crippen LogP contribution in [0.4, 0.5) is 0 Å². The summed E-state index contributed by atoms with van der Waals surface area (Å²) in [5, 5.41) is 0.698. The highest BCUT2D eigenvalue weighted by molar-refractivity contribution is 9.10. The van der Waals surface area contributed by atoms with Crippen molar-refractivity contribution >= 4 is 33.6 Å². The molecule has 1 unspecified atom stereocenters. The predicted molar refractivity (Wildman–Crippen MR) is 79.0 cm³/mol. The number of nitrogens with zero attached hydrogens (tertiary/aromatic N) is 2. The Bertz CT molecular complexity index is 427. The third kappa shape index (κ3) is 3.48. The molecule has 1 aromatic heterocycles. The molecule has 98 valence electrons. The molecule has 0 radical (unpaired) electrons. The molecule has 1 atom stereocenters. The van der Waals surface area contributed by atoms with E-state index in [0.29, 0.717) is 10.8 Å². The van der Waals surface area contributed by atoms with E-state index >= 15 is 0 Å². The van der Waals surface area contributed by atoms with Crippen molar-refractivity contribution in [3.63, 3.8) is 0 Å². The van der Waals surface area contributed by atoms with E-state index in [1.807, 2.05) is 22.7 Å². The molecule has 1 aliphatic rings. The number of pyridine rings is 1. The van der Waals surface area contributed by atoms with Gasteiger partial charge in [-0.15, -0.1) is 0 Å². The van der Waals surface area contributed by atoms with Crippen LogP contribution in [0.15, 0.2) is 22.9 Å². The minimum absolute atomic E-state index is 0.102. The zero-order chi connectivity index (χ0) is 13.0. The number of rotatable bonds is 2. The second kappa shape index (κ2) is 6.57. The van der Waals surface area contributed by atoms with Gasteiger partial charge in [-0.25, -0.2) is 0 Å². The summed E-state index contributed by atoms with van der Waals surface area (Å²) in [4.78, 5) is 18.4. The minimum atomic E-state index is 0.102. The Morgan fingerprint density at radius 3 is 3.00 bits per heavy atom. The number of halogens is 1. The number of hydrogen-bond acceptors (Lipinski definition) is 3. The standard InChI is InChI=1S/C13H17BrN2OS/c1-18-12-3-2-5-16(6-4-12)13(17)10-7-11(14)9-15-8-10/h7-9,12H,2-6H2,1H3. The second-order valence-electron chi connectivity index (χ2n) is 4.47. The Morgan fingerprint density at radius 1 is 1.44 bits per heavy atom. The molecule has 5 heteroatoms. The third-order valence-electron chi connectivity index (χ3n) is 3.25. The zero-order valence-electron chi connectivity index (χ0n) is 10.4. The Labute approximate surface area is 120 Å². The highest BCUT2D eigenvalue weighted by Gasteiger charge is 2.21. The molecule has 3 nitrogen and oxygen atoms in total. The predicted octanol–water partition coefficient (Wildman–Crippen LogP) is 3.20. The Balaban J connectivity index is 2.05. The molecule has 1 amide bonds. The summed E-state index contributed by atoms with van der Waals surface area (Å²) in [7, 11) is 0. The summed E-state index contributed by atoms with van der Waals surface area (Å²) in [5.41, 5.74) is 0.673. The molecular formula is C13H17BrN2OS. The van der Waals surface area contributed by atoms with Crippen LogP contribution in [0.25, 0.3) is 0 Å². The smallest absolute Gasteiger partial charge is 0.255 e. The van der Waals surface area contributed by atoms with Crippen molar-refractivity contribution in [3.05, 3.63) is 28.5 Å². The summed E-state index contributed by atoms with van der Waals surface area (Å²) in [6, 6.07) is 1.84.